The van der Waals surface area contributed by atoms with Gasteiger partial charge in [0.25, 0.3) is 5.91 Å². The highest BCUT2D eigenvalue weighted by Gasteiger charge is 2.37. The zero-order chi connectivity index (χ0) is 14.4. The molecule has 0 bridgehead atoms. The number of fused-ring (bicyclic) bond motifs is 1. The molecule has 3 rings (SSSR count). The highest BCUT2D eigenvalue weighted by molar-refractivity contribution is 8.27. The van der Waals surface area contributed by atoms with Crippen LogP contribution in [0.15, 0.2) is 33.0 Å². The molecule has 1 fully saturated rings. The first-order valence-electron chi connectivity index (χ1n) is 6.02. The summed E-state index contributed by atoms with van der Waals surface area (Å²) in [5.74, 6) is -0.00393. The third-order valence-electron chi connectivity index (χ3n) is 3.15. The van der Waals surface area contributed by atoms with E-state index in [-0.39, 0.29) is 5.91 Å². The molecule has 1 saturated heterocycles. The van der Waals surface area contributed by atoms with E-state index in [4.69, 9.17) is 23.8 Å². The summed E-state index contributed by atoms with van der Waals surface area (Å²) in [5, 5.41) is 1.62. The van der Waals surface area contributed by atoms with Crippen LogP contribution in [-0.4, -0.2) is 28.7 Å². The van der Waals surface area contributed by atoms with Crippen LogP contribution in [0.3, 0.4) is 0 Å². The summed E-state index contributed by atoms with van der Waals surface area (Å²) in [4.78, 5) is 17.8. The Balaban J connectivity index is 2.04. The Kier molecular flexibility index (Phi) is 3.75. The zero-order valence-electron chi connectivity index (χ0n) is 10.8. The first-order chi connectivity index (χ1) is 9.52. The van der Waals surface area contributed by atoms with Crippen LogP contribution in [-0.2, 0) is 4.79 Å². The smallest absolute Gasteiger partial charge is 0.268 e. The Hall–Kier alpha value is -0.690. The predicted octanol–water partition coefficient (Wildman–Crippen LogP) is 3.93. The maximum Gasteiger partial charge on any atom is 0.268 e. The second kappa shape index (κ2) is 5.26. The summed E-state index contributed by atoms with van der Waals surface area (Å²) >= 11 is 14.3. The lowest BCUT2D eigenvalue weighted by molar-refractivity contribution is -0.122. The molecule has 0 saturated carbocycles. The van der Waals surface area contributed by atoms with Gasteiger partial charge in [0.1, 0.15) is 9.23 Å². The van der Waals surface area contributed by atoms with E-state index < -0.39 is 0 Å². The van der Waals surface area contributed by atoms with E-state index in [1.807, 2.05) is 37.1 Å². The van der Waals surface area contributed by atoms with Gasteiger partial charge in [0.05, 0.1) is 10.7 Å². The first-order valence-corrected chi connectivity index (χ1v) is 8.44. The lowest BCUT2D eigenvalue weighted by atomic mass is 10.3. The average Bonchev–Trinajstić information content (AvgIpc) is 2.88. The first kappa shape index (κ1) is 14.3. The minimum atomic E-state index is -0.00393. The van der Waals surface area contributed by atoms with Crippen molar-refractivity contribution in [2.75, 3.05) is 18.5 Å². The number of likely N-dealkylation sites (N-methyl/N-ethyl adjacent to an activating group) is 1. The van der Waals surface area contributed by atoms with Gasteiger partial charge >= 0.3 is 0 Å². The Morgan fingerprint density at radius 3 is 2.75 bits per heavy atom. The fourth-order valence-corrected chi connectivity index (χ4v) is 4.98. The van der Waals surface area contributed by atoms with Crippen LogP contribution in [0.2, 0.25) is 5.02 Å². The standard InChI is InChI=1S/C13H11ClN2OS3/c1-3-16-11(17)10(20-13(16)18)12-15(2)8-6-7(14)4-5-9(8)19-12/h4-6H,3H2,1-2H3. The van der Waals surface area contributed by atoms with Crippen molar-refractivity contribution < 1.29 is 4.79 Å². The van der Waals surface area contributed by atoms with Gasteiger partial charge in [-0.05, 0) is 25.1 Å². The third-order valence-corrected chi connectivity index (χ3v) is 6.19. The number of rotatable bonds is 1. The Morgan fingerprint density at radius 1 is 1.35 bits per heavy atom. The maximum absolute atomic E-state index is 12.4. The van der Waals surface area contributed by atoms with Crippen LogP contribution < -0.4 is 4.90 Å². The second-order valence-electron chi connectivity index (χ2n) is 4.32. The van der Waals surface area contributed by atoms with Crippen molar-refractivity contribution in [3.63, 3.8) is 0 Å². The lowest BCUT2D eigenvalue weighted by Crippen LogP contribution is -2.28. The molecule has 3 nitrogen and oxygen atoms in total. The predicted molar refractivity (Wildman–Crippen MR) is 90.3 cm³/mol. The molecule has 2 aliphatic rings. The fourth-order valence-electron chi connectivity index (χ4n) is 2.12. The van der Waals surface area contributed by atoms with Crippen LogP contribution >= 0.6 is 47.3 Å². The van der Waals surface area contributed by atoms with E-state index in [0.29, 0.717) is 20.8 Å². The highest BCUT2D eigenvalue weighted by Crippen LogP contribution is 2.50. The van der Waals surface area contributed by atoms with Crippen molar-refractivity contribution in [2.24, 2.45) is 0 Å². The summed E-state index contributed by atoms with van der Waals surface area (Å²) in [6, 6.07) is 5.76. The second-order valence-corrected chi connectivity index (χ2v) is 7.44. The van der Waals surface area contributed by atoms with E-state index >= 15 is 0 Å². The summed E-state index contributed by atoms with van der Waals surface area (Å²) in [6.45, 7) is 2.53. The molecule has 0 radical (unpaired) electrons. The topological polar surface area (TPSA) is 23.6 Å². The summed E-state index contributed by atoms with van der Waals surface area (Å²) in [6.07, 6.45) is 0. The van der Waals surface area contributed by atoms with Crippen molar-refractivity contribution in [3.8, 4) is 0 Å². The summed E-state index contributed by atoms with van der Waals surface area (Å²) < 4.78 is 0.628. The van der Waals surface area contributed by atoms with Gasteiger partial charge in [-0.25, -0.2) is 0 Å². The molecule has 0 aliphatic carbocycles. The molecule has 1 aromatic rings. The minimum Gasteiger partial charge on any atom is -0.337 e. The number of thiocarbonyl (C=S) groups is 1. The average molecular weight is 343 g/mol. The van der Waals surface area contributed by atoms with Gasteiger partial charge in [-0.3, -0.25) is 9.69 Å². The van der Waals surface area contributed by atoms with Crippen molar-refractivity contribution in [1.29, 1.82) is 0 Å². The summed E-state index contributed by atoms with van der Waals surface area (Å²) in [7, 11) is 1.95. The molecular weight excluding hydrogens is 332 g/mol. The molecule has 0 aromatic heterocycles. The number of thioether (sulfide) groups is 2. The van der Waals surface area contributed by atoms with Crippen molar-refractivity contribution in [3.05, 3.63) is 33.2 Å². The van der Waals surface area contributed by atoms with Gasteiger partial charge in [-0.2, -0.15) is 0 Å². The van der Waals surface area contributed by atoms with Crippen LogP contribution in [0.25, 0.3) is 0 Å². The van der Waals surface area contributed by atoms with Crippen LogP contribution in [0.4, 0.5) is 5.69 Å². The van der Waals surface area contributed by atoms with Gasteiger partial charge in [-0.1, -0.05) is 47.3 Å². The van der Waals surface area contributed by atoms with Gasteiger partial charge in [0.2, 0.25) is 0 Å². The molecule has 0 N–H and O–H groups in total. The number of hydrogen-bond acceptors (Lipinski definition) is 5. The van der Waals surface area contributed by atoms with E-state index in [1.54, 1.807) is 16.7 Å². The number of amides is 1. The third kappa shape index (κ3) is 2.15. The molecule has 0 spiro atoms. The number of hydrogen-bond donors (Lipinski definition) is 0. The molecule has 2 aliphatic heterocycles. The van der Waals surface area contributed by atoms with Gasteiger partial charge in [-0.15, -0.1) is 0 Å². The van der Waals surface area contributed by atoms with Crippen LogP contribution in [0.5, 0.6) is 0 Å². The Morgan fingerprint density at radius 2 is 2.10 bits per heavy atom. The van der Waals surface area contributed by atoms with Crippen LogP contribution in [0.1, 0.15) is 6.92 Å². The zero-order valence-corrected chi connectivity index (χ0v) is 14.0. The largest absolute Gasteiger partial charge is 0.337 e. The molecule has 7 heteroatoms. The van der Waals surface area contributed by atoms with Gasteiger partial charge < -0.3 is 4.90 Å². The molecule has 2 heterocycles. The molecule has 104 valence electrons. The molecule has 1 aromatic carbocycles. The molecule has 0 unspecified atom stereocenters. The van der Waals surface area contributed by atoms with Crippen molar-refractivity contribution >= 4 is 63.3 Å². The quantitative estimate of drug-likeness (QED) is 0.568. The number of carbonyl (C=O) groups excluding carboxylic acids is 1. The molecular formula is C13H11ClN2OS3. The van der Waals surface area contributed by atoms with E-state index in [9.17, 15) is 4.79 Å². The Bertz CT molecular complexity index is 659. The normalized spacial score (nSPS) is 21.9. The number of anilines is 1. The fraction of sp³-hybridized carbons (Fsp3) is 0.231. The van der Waals surface area contributed by atoms with Gasteiger partial charge in [0, 0.05) is 23.5 Å². The SMILES string of the molecule is CCN1C(=O)C(=C2Sc3ccc(Cl)cc3N2C)SC1=S. The van der Waals surface area contributed by atoms with Crippen LogP contribution in [0, 0.1) is 0 Å². The maximum atomic E-state index is 12.4. The number of benzene rings is 1. The highest BCUT2D eigenvalue weighted by atomic mass is 35.5. The monoisotopic (exact) mass is 342 g/mol. The number of carbonyl (C=O) groups is 1. The van der Waals surface area contributed by atoms with Crippen molar-refractivity contribution in [2.45, 2.75) is 11.8 Å². The van der Waals surface area contributed by atoms with E-state index in [1.165, 1.54) is 11.8 Å². The van der Waals surface area contributed by atoms with Gasteiger partial charge in [0.15, 0.2) is 0 Å². The van der Waals surface area contributed by atoms with Crippen molar-refractivity contribution in [1.82, 2.24) is 4.90 Å². The molecule has 20 heavy (non-hydrogen) atoms. The molecule has 1 amide bonds. The lowest BCUT2D eigenvalue weighted by Gasteiger charge is -2.15. The number of nitrogens with zero attached hydrogens (tertiary/aromatic N) is 2. The van der Waals surface area contributed by atoms with E-state index in [0.717, 1.165) is 15.6 Å². The molecule has 0 atom stereocenters. The summed E-state index contributed by atoms with van der Waals surface area (Å²) in [5.41, 5.74) is 1.03. The Labute approximate surface area is 136 Å². The van der Waals surface area contributed by atoms with E-state index in [2.05, 4.69) is 0 Å². The number of halogens is 1. The minimum absolute atomic E-state index is 0.00393.